The number of halogens is 3. The summed E-state index contributed by atoms with van der Waals surface area (Å²) >= 11 is 0. The smallest absolute Gasteiger partial charge is 0.387 e. The molecule has 0 aromatic heterocycles. The molecule has 7 heteroatoms. The zero-order valence-electron chi connectivity index (χ0n) is 13.7. The van der Waals surface area contributed by atoms with Gasteiger partial charge in [0.2, 0.25) is 5.91 Å². The zero-order chi connectivity index (χ0) is 16.8. The molecular weight excluding hydrogens is 338 g/mol. The fraction of sp³-hybridized carbons (Fsp3) is 0.588. The van der Waals surface area contributed by atoms with E-state index in [1.165, 1.54) is 6.07 Å². The van der Waals surface area contributed by atoms with Gasteiger partial charge in [0.05, 0.1) is 6.04 Å². The molecule has 1 aliphatic carbocycles. The van der Waals surface area contributed by atoms with Crippen LogP contribution in [0.2, 0.25) is 0 Å². The van der Waals surface area contributed by atoms with E-state index in [0.29, 0.717) is 12.0 Å². The lowest BCUT2D eigenvalue weighted by molar-refractivity contribution is -0.123. The Kier molecular flexibility index (Phi) is 8.42. The van der Waals surface area contributed by atoms with E-state index in [4.69, 9.17) is 5.73 Å². The first-order chi connectivity index (χ1) is 11.0. The van der Waals surface area contributed by atoms with Crippen molar-refractivity contribution in [3.05, 3.63) is 29.8 Å². The standard InChI is InChI=1S/C17H24F2N2O2.ClH/c1-11(13-7-3-5-9-15(13)23-17(18)19)21-16(22)10-12-6-2-4-8-14(12)20;/h3,5,7,9,11-12,14,17H,2,4,6,8,10,20H2,1H3,(H,21,22);1H. The first-order valence-electron chi connectivity index (χ1n) is 8.06. The molecule has 1 fully saturated rings. The van der Waals surface area contributed by atoms with Crippen molar-refractivity contribution in [2.45, 2.75) is 57.7 Å². The summed E-state index contributed by atoms with van der Waals surface area (Å²) < 4.78 is 29.4. The third-order valence-corrected chi connectivity index (χ3v) is 4.39. The van der Waals surface area contributed by atoms with Crippen molar-refractivity contribution in [3.63, 3.8) is 0 Å². The Hall–Kier alpha value is -1.40. The number of ether oxygens (including phenoxy) is 1. The van der Waals surface area contributed by atoms with E-state index in [-0.39, 0.29) is 36.0 Å². The Bertz CT molecular complexity index is 531. The highest BCUT2D eigenvalue weighted by molar-refractivity contribution is 5.85. The van der Waals surface area contributed by atoms with Crippen LogP contribution in [-0.2, 0) is 4.79 Å². The van der Waals surface area contributed by atoms with Crippen LogP contribution in [0, 0.1) is 5.92 Å². The van der Waals surface area contributed by atoms with Gasteiger partial charge in [0.25, 0.3) is 0 Å². The number of amides is 1. The molecular formula is C17H25ClF2N2O2. The van der Waals surface area contributed by atoms with Crippen LogP contribution in [0.3, 0.4) is 0 Å². The lowest BCUT2D eigenvalue weighted by Gasteiger charge is -2.28. The fourth-order valence-corrected chi connectivity index (χ4v) is 3.15. The van der Waals surface area contributed by atoms with Crippen LogP contribution in [0.15, 0.2) is 24.3 Å². The number of rotatable bonds is 6. The maximum atomic E-state index is 12.5. The molecule has 24 heavy (non-hydrogen) atoms. The van der Waals surface area contributed by atoms with Gasteiger partial charge in [-0.3, -0.25) is 4.79 Å². The van der Waals surface area contributed by atoms with Crippen molar-refractivity contribution in [1.82, 2.24) is 5.32 Å². The van der Waals surface area contributed by atoms with E-state index >= 15 is 0 Å². The second-order valence-electron chi connectivity index (χ2n) is 6.12. The summed E-state index contributed by atoms with van der Waals surface area (Å²) in [5.74, 6) is 0.180. The molecule has 0 heterocycles. The van der Waals surface area contributed by atoms with Gasteiger partial charge in [0, 0.05) is 18.0 Å². The number of nitrogens with two attached hydrogens (primary N) is 1. The van der Waals surface area contributed by atoms with Gasteiger partial charge in [0.15, 0.2) is 0 Å². The predicted octanol–water partition coefficient (Wildman–Crippen LogP) is 3.79. The van der Waals surface area contributed by atoms with E-state index in [0.717, 1.165) is 25.7 Å². The molecule has 0 bridgehead atoms. The molecule has 2 rings (SSSR count). The van der Waals surface area contributed by atoms with Gasteiger partial charge >= 0.3 is 6.61 Å². The van der Waals surface area contributed by atoms with E-state index in [2.05, 4.69) is 10.1 Å². The molecule has 1 amide bonds. The van der Waals surface area contributed by atoms with Gasteiger partial charge < -0.3 is 15.8 Å². The molecule has 1 saturated carbocycles. The third-order valence-electron chi connectivity index (χ3n) is 4.39. The summed E-state index contributed by atoms with van der Waals surface area (Å²) in [6, 6.07) is 6.16. The van der Waals surface area contributed by atoms with Gasteiger partial charge in [-0.2, -0.15) is 8.78 Å². The van der Waals surface area contributed by atoms with Crippen LogP contribution in [0.25, 0.3) is 0 Å². The van der Waals surface area contributed by atoms with Crippen LogP contribution in [0.4, 0.5) is 8.78 Å². The molecule has 0 spiro atoms. The second-order valence-corrected chi connectivity index (χ2v) is 6.12. The quantitative estimate of drug-likeness (QED) is 0.809. The van der Waals surface area contributed by atoms with E-state index in [1.807, 2.05) is 0 Å². The largest absolute Gasteiger partial charge is 0.434 e. The number of alkyl halides is 2. The molecule has 3 unspecified atom stereocenters. The van der Waals surface area contributed by atoms with Crippen molar-refractivity contribution >= 4 is 18.3 Å². The predicted molar refractivity (Wildman–Crippen MR) is 91.4 cm³/mol. The summed E-state index contributed by atoms with van der Waals surface area (Å²) in [6.45, 7) is -1.13. The minimum atomic E-state index is -2.89. The Morgan fingerprint density at radius 3 is 2.67 bits per heavy atom. The van der Waals surface area contributed by atoms with Crippen molar-refractivity contribution in [3.8, 4) is 5.75 Å². The molecule has 3 atom stereocenters. The average Bonchev–Trinajstić information content (AvgIpc) is 2.49. The summed E-state index contributed by atoms with van der Waals surface area (Å²) in [7, 11) is 0. The lowest BCUT2D eigenvalue weighted by Crippen LogP contribution is -2.37. The fourth-order valence-electron chi connectivity index (χ4n) is 3.15. The molecule has 136 valence electrons. The first kappa shape index (κ1) is 20.6. The van der Waals surface area contributed by atoms with Gasteiger partial charge in [-0.05, 0) is 31.7 Å². The molecule has 1 aliphatic rings. The van der Waals surface area contributed by atoms with Gasteiger partial charge in [-0.15, -0.1) is 12.4 Å². The summed E-state index contributed by atoms with van der Waals surface area (Å²) in [5, 5.41) is 2.86. The zero-order valence-corrected chi connectivity index (χ0v) is 14.5. The van der Waals surface area contributed by atoms with Crippen LogP contribution in [0.5, 0.6) is 5.75 Å². The lowest BCUT2D eigenvalue weighted by atomic mass is 9.83. The molecule has 1 aromatic carbocycles. The number of para-hydroxylation sites is 1. The van der Waals surface area contributed by atoms with Crippen molar-refractivity contribution < 1.29 is 18.3 Å². The highest BCUT2D eigenvalue weighted by Crippen LogP contribution is 2.28. The molecule has 3 N–H and O–H groups in total. The Balaban J connectivity index is 0.00000288. The van der Waals surface area contributed by atoms with Crippen molar-refractivity contribution in [2.75, 3.05) is 0 Å². The molecule has 0 aliphatic heterocycles. The Morgan fingerprint density at radius 2 is 2.00 bits per heavy atom. The van der Waals surface area contributed by atoms with Crippen molar-refractivity contribution in [1.29, 1.82) is 0 Å². The summed E-state index contributed by atoms with van der Waals surface area (Å²) in [6.07, 6.45) is 4.52. The maximum Gasteiger partial charge on any atom is 0.387 e. The van der Waals surface area contributed by atoms with Crippen LogP contribution in [-0.4, -0.2) is 18.6 Å². The maximum absolute atomic E-state index is 12.5. The second kappa shape index (κ2) is 9.79. The molecule has 0 saturated heterocycles. The number of hydrogen-bond donors (Lipinski definition) is 2. The highest BCUT2D eigenvalue weighted by atomic mass is 35.5. The SMILES string of the molecule is CC(NC(=O)CC1CCCCC1N)c1ccccc1OC(F)F.Cl. The van der Waals surface area contributed by atoms with E-state index < -0.39 is 12.7 Å². The minimum Gasteiger partial charge on any atom is -0.434 e. The molecule has 0 radical (unpaired) electrons. The monoisotopic (exact) mass is 362 g/mol. The Morgan fingerprint density at radius 1 is 1.33 bits per heavy atom. The van der Waals surface area contributed by atoms with Crippen LogP contribution in [0.1, 0.15) is 50.6 Å². The Labute approximate surface area is 147 Å². The van der Waals surface area contributed by atoms with E-state index in [1.54, 1.807) is 25.1 Å². The number of hydrogen-bond acceptors (Lipinski definition) is 3. The summed E-state index contributed by atoms with van der Waals surface area (Å²) in [4.78, 5) is 12.2. The topological polar surface area (TPSA) is 64.4 Å². The average molecular weight is 363 g/mol. The van der Waals surface area contributed by atoms with Gasteiger partial charge in [-0.25, -0.2) is 0 Å². The summed E-state index contributed by atoms with van der Waals surface area (Å²) in [5.41, 5.74) is 6.60. The molecule has 1 aromatic rings. The minimum absolute atomic E-state index is 0. The van der Waals surface area contributed by atoms with Crippen LogP contribution >= 0.6 is 12.4 Å². The van der Waals surface area contributed by atoms with Crippen LogP contribution < -0.4 is 15.8 Å². The number of carbonyl (C=O) groups excluding carboxylic acids is 1. The number of nitrogens with one attached hydrogen (secondary N) is 1. The number of carbonyl (C=O) groups is 1. The number of benzene rings is 1. The van der Waals surface area contributed by atoms with Gasteiger partial charge in [0.1, 0.15) is 5.75 Å². The third kappa shape index (κ3) is 5.91. The van der Waals surface area contributed by atoms with Crippen molar-refractivity contribution in [2.24, 2.45) is 11.7 Å². The molecule has 4 nitrogen and oxygen atoms in total. The highest BCUT2D eigenvalue weighted by Gasteiger charge is 2.25. The van der Waals surface area contributed by atoms with E-state index in [9.17, 15) is 13.6 Å². The van der Waals surface area contributed by atoms with Gasteiger partial charge in [-0.1, -0.05) is 31.0 Å². The normalized spacial score (nSPS) is 21.7. The first-order valence-corrected chi connectivity index (χ1v) is 8.06.